The van der Waals surface area contributed by atoms with Gasteiger partial charge in [0.15, 0.2) is 5.43 Å². The van der Waals surface area contributed by atoms with Gasteiger partial charge in [-0.2, -0.15) is 5.10 Å². The first-order valence-electron chi connectivity index (χ1n) is 4.72. The third-order valence-corrected chi connectivity index (χ3v) is 3.36. The van der Waals surface area contributed by atoms with E-state index in [1.165, 1.54) is 17.7 Å². The molecule has 2 aromatic heterocycles. The van der Waals surface area contributed by atoms with Crippen molar-refractivity contribution in [3.63, 3.8) is 0 Å². The summed E-state index contributed by atoms with van der Waals surface area (Å²) < 4.78 is 2.55. The number of benzene rings is 1. The van der Waals surface area contributed by atoms with Crippen LogP contribution in [0.4, 0.5) is 0 Å². The van der Waals surface area contributed by atoms with Gasteiger partial charge in [-0.3, -0.25) is 4.79 Å². The predicted octanol–water partition coefficient (Wildman–Crippen LogP) is 1.84. The van der Waals surface area contributed by atoms with E-state index in [2.05, 4.69) is 10.1 Å². The quantitative estimate of drug-likeness (QED) is 0.639. The number of rotatable bonds is 1. The molecule has 5 heteroatoms. The van der Waals surface area contributed by atoms with Crippen molar-refractivity contribution in [2.24, 2.45) is 0 Å². The third-order valence-electron chi connectivity index (χ3n) is 2.27. The van der Waals surface area contributed by atoms with Crippen molar-refractivity contribution < 1.29 is 0 Å². The second-order valence-corrected chi connectivity index (χ2v) is 4.35. The summed E-state index contributed by atoms with van der Waals surface area (Å²) in [6.07, 6.45) is 3.03. The maximum Gasteiger partial charge on any atom is 0.190 e. The Hall–Kier alpha value is -2.01. The van der Waals surface area contributed by atoms with Crippen LogP contribution < -0.4 is 5.43 Å². The fourth-order valence-corrected chi connectivity index (χ4v) is 2.53. The Morgan fingerprint density at radius 2 is 2.12 bits per heavy atom. The van der Waals surface area contributed by atoms with Gasteiger partial charge in [0.05, 0.1) is 0 Å². The van der Waals surface area contributed by atoms with E-state index >= 15 is 0 Å². The number of hydrogen-bond donors (Lipinski definition) is 0. The van der Waals surface area contributed by atoms with E-state index in [-0.39, 0.29) is 5.43 Å². The average molecular weight is 229 g/mol. The molecule has 1 aromatic carbocycles. The van der Waals surface area contributed by atoms with Gasteiger partial charge in [-0.25, -0.2) is 9.67 Å². The molecule has 3 rings (SSSR count). The Kier molecular flexibility index (Phi) is 2.04. The minimum atomic E-state index is 0.0138. The molecule has 0 amide bonds. The lowest BCUT2D eigenvalue weighted by Crippen LogP contribution is -2.02. The van der Waals surface area contributed by atoms with Crippen LogP contribution in [0.2, 0.25) is 0 Å². The molecule has 0 aliphatic heterocycles. The van der Waals surface area contributed by atoms with Crippen molar-refractivity contribution in [2.75, 3.05) is 0 Å². The molecule has 0 bridgehead atoms. The molecule has 0 atom stereocenters. The van der Waals surface area contributed by atoms with E-state index in [4.69, 9.17) is 0 Å². The van der Waals surface area contributed by atoms with E-state index in [1.54, 1.807) is 17.1 Å². The molecule has 0 aliphatic carbocycles. The number of fused-ring (bicyclic) bond motifs is 1. The van der Waals surface area contributed by atoms with Gasteiger partial charge in [-0.1, -0.05) is 12.1 Å². The van der Waals surface area contributed by atoms with Crippen LogP contribution in [0.25, 0.3) is 15.1 Å². The first kappa shape index (κ1) is 9.23. The molecule has 0 saturated carbocycles. The van der Waals surface area contributed by atoms with Gasteiger partial charge in [-0.05, 0) is 12.1 Å². The Labute approximate surface area is 94.8 Å². The van der Waals surface area contributed by atoms with Gasteiger partial charge in [0.2, 0.25) is 0 Å². The van der Waals surface area contributed by atoms with E-state index in [0.717, 1.165) is 15.1 Å². The first-order valence-corrected chi connectivity index (χ1v) is 5.54. The SMILES string of the molecule is O=c1cc(-n2cncn2)sc2ccccc12. The lowest BCUT2D eigenvalue weighted by Gasteiger charge is -2.00. The van der Waals surface area contributed by atoms with Crippen LogP contribution in [0.1, 0.15) is 0 Å². The van der Waals surface area contributed by atoms with Crippen LogP contribution in [-0.4, -0.2) is 14.8 Å². The lowest BCUT2D eigenvalue weighted by molar-refractivity contribution is 0.894. The summed E-state index contributed by atoms with van der Waals surface area (Å²) >= 11 is 1.52. The third kappa shape index (κ3) is 1.42. The molecule has 4 nitrogen and oxygen atoms in total. The molecule has 0 saturated heterocycles. The van der Waals surface area contributed by atoms with Gasteiger partial charge < -0.3 is 0 Å². The summed E-state index contributed by atoms with van der Waals surface area (Å²) in [7, 11) is 0. The molecular formula is C11H7N3OS. The first-order chi connectivity index (χ1) is 7.84. The van der Waals surface area contributed by atoms with Gasteiger partial charge in [-0.15, -0.1) is 11.3 Å². The van der Waals surface area contributed by atoms with Crippen molar-refractivity contribution in [3.8, 4) is 5.00 Å². The summed E-state index contributed by atoms with van der Waals surface area (Å²) in [6.45, 7) is 0. The summed E-state index contributed by atoms with van der Waals surface area (Å²) in [4.78, 5) is 15.7. The fraction of sp³-hybridized carbons (Fsp3) is 0. The summed E-state index contributed by atoms with van der Waals surface area (Å²) in [5.74, 6) is 0. The number of aromatic nitrogens is 3. The molecule has 2 heterocycles. The molecule has 0 spiro atoms. The maximum absolute atomic E-state index is 11.8. The topological polar surface area (TPSA) is 47.8 Å². The molecule has 0 fully saturated rings. The zero-order valence-electron chi connectivity index (χ0n) is 8.20. The molecule has 3 aromatic rings. The van der Waals surface area contributed by atoms with Gasteiger partial charge in [0, 0.05) is 16.2 Å². The van der Waals surface area contributed by atoms with E-state index in [0.29, 0.717) is 0 Å². The highest BCUT2D eigenvalue weighted by molar-refractivity contribution is 7.20. The Morgan fingerprint density at radius 1 is 1.25 bits per heavy atom. The largest absolute Gasteiger partial charge is 0.289 e. The minimum Gasteiger partial charge on any atom is -0.289 e. The summed E-state index contributed by atoms with van der Waals surface area (Å²) in [5.41, 5.74) is 0.0138. The zero-order valence-corrected chi connectivity index (χ0v) is 9.02. The van der Waals surface area contributed by atoms with Crippen LogP contribution in [0, 0.1) is 0 Å². The van der Waals surface area contributed by atoms with Crippen LogP contribution in [0.3, 0.4) is 0 Å². The van der Waals surface area contributed by atoms with E-state index in [1.807, 2.05) is 24.3 Å². The Bertz CT molecular complexity index is 688. The van der Waals surface area contributed by atoms with Crippen molar-refractivity contribution in [1.29, 1.82) is 0 Å². The van der Waals surface area contributed by atoms with Gasteiger partial charge >= 0.3 is 0 Å². The average Bonchev–Trinajstić information content (AvgIpc) is 2.82. The molecule has 16 heavy (non-hydrogen) atoms. The number of hydrogen-bond acceptors (Lipinski definition) is 4. The zero-order chi connectivity index (χ0) is 11.0. The molecule has 0 aliphatic rings. The highest BCUT2D eigenvalue weighted by Crippen LogP contribution is 2.20. The van der Waals surface area contributed by atoms with Crippen LogP contribution >= 0.6 is 11.3 Å². The highest BCUT2D eigenvalue weighted by atomic mass is 32.1. The molecular weight excluding hydrogens is 222 g/mol. The highest BCUT2D eigenvalue weighted by Gasteiger charge is 2.03. The Balaban J connectivity index is 2.34. The Morgan fingerprint density at radius 3 is 2.94 bits per heavy atom. The smallest absolute Gasteiger partial charge is 0.190 e. The van der Waals surface area contributed by atoms with Crippen molar-refractivity contribution >= 4 is 21.4 Å². The second kappa shape index (κ2) is 3.53. The van der Waals surface area contributed by atoms with Crippen molar-refractivity contribution in [3.05, 3.63) is 53.2 Å². The number of nitrogens with zero attached hydrogens (tertiary/aromatic N) is 3. The molecule has 0 unspecified atom stereocenters. The summed E-state index contributed by atoms with van der Waals surface area (Å²) in [6, 6.07) is 9.14. The normalized spacial score (nSPS) is 10.8. The molecule has 78 valence electrons. The summed E-state index contributed by atoms with van der Waals surface area (Å²) in [5, 5.41) is 5.54. The lowest BCUT2D eigenvalue weighted by atomic mass is 10.2. The fourth-order valence-electron chi connectivity index (χ4n) is 1.53. The maximum atomic E-state index is 11.8. The van der Waals surface area contributed by atoms with E-state index in [9.17, 15) is 4.79 Å². The van der Waals surface area contributed by atoms with Crippen LogP contribution in [-0.2, 0) is 0 Å². The second-order valence-electron chi connectivity index (χ2n) is 3.29. The van der Waals surface area contributed by atoms with Gasteiger partial charge in [0.1, 0.15) is 17.7 Å². The molecule has 0 N–H and O–H groups in total. The van der Waals surface area contributed by atoms with Crippen LogP contribution in [0.5, 0.6) is 0 Å². The van der Waals surface area contributed by atoms with E-state index < -0.39 is 0 Å². The van der Waals surface area contributed by atoms with Crippen molar-refractivity contribution in [1.82, 2.24) is 14.8 Å². The monoisotopic (exact) mass is 229 g/mol. The molecule has 0 radical (unpaired) electrons. The minimum absolute atomic E-state index is 0.0138. The van der Waals surface area contributed by atoms with Crippen molar-refractivity contribution in [2.45, 2.75) is 0 Å². The standard InChI is InChI=1S/C11H7N3OS/c15-9-5-11(14-7-12-6-13-14)16-10-4-2-1-3-8(9)10/h1-7H. The van der Waals surface area contributed by atoms with Gasteiger partial charge in [0.25, 0.3) is 0 Å². The van der Waals surface area contributed by atoms with Crippen LogP contribution in [0.15, 0.2) is 47.8 Å². The predicted molar refractivity (Wildman–Crippen MR) is 63.0 cm³/mol.